The summed E-state index contributed by atoms with van der Waals surface area (Å²) < 4.78 is 0. The quantitative estimate of drug-likeness (QED) is 0.709. The van der Waals surface area contributed by atoms with Crippen molar-refractivity contribution in [2.24, 2.45) is 0 Å². The monoisotopic (exact) mass is 308 g/mol. The zero-order valence-corrected chi connectivity index (χ0v) is 12.4. The Labute approximate surface area is 132 Å². The van der Waals surface area contributed by atoms with E-state index in [2.05, 4.69) is 27.4 Å². The first-order valence-corrected chi connectivity index (χ1v) is 7.20. The number of allylic oxidation sites excluding steroid dienone is 1. The number of hydrogen-bond acceptors (Lipinski definition) is 3. The van der Waals surface area contributed by atoms with E-state index in [9.17, 15) is 9.59 Å². The zero-order valence-electron chi connectivity index (χ0n) is 12.4. The van der Waals surface area contributed by atoms with Gasteiger partial charge in [0.2, 0.25) is 0 Å². The first-order valence-electron chi connectivity index (χ1n) is 7.20. The number of aromatic nitrogens is 2. The Hall–Kier alpha value is -3.15. The van der Waals surface area contributed by atoms with Crippen molar-refractivity contribution in [1.82, 2.24) is 20.8 Å². The Bertz CT molecular complexity index is 865. The lowest BCUT2D eigenvalue weighted by Gasteiger charge is -2.07. The SMILES string of the molecule is C=C/C=c1/cn[nH]/c1=C/Cc1ccc(C2NC(=O)NC2=O)cc1. The van der Waals surface area contributed by atoms with E-state index in [1.807, 2.05) is 36.4 Å². The number of carbonyl (C=O) groups excluding carboxylic acids is 2. The first-order chi connectivity index (χ1) is 11.2. The Balaban J connectivity index is 1.77. The van der Waals surface area contributed by atoms with E-state index in [0.717, 1.165) is 28.1 Å². The van der Waals surface area contributed by atoms with Crippen LogP contribution in [0.4, 0.5) is 4.79 Å². The van der Waals surface area contributed by atoms with E-state index in [1.165, 1.54) is 0 Å². The minimum atomic E-state index is -0.609. The number of urea groups is 1. The molecule has 0 saturated carbocycles. The summed E-state index contributed by atoms with van der Waals surface area (Å²) in [5.41, 5.74) is 1.86. The molecule has 2 heterocycles. The smallest absolute Gasteiger partial charge is 0.322 e. The number of aromatic amines is 1. The average molecular weight is 308 g/mol. The van der Waals surface area contributed by atoms with Gasteiger partial charge >= 0.3 is 6.03 Å². The summed E-state index contributed by atoms with van der Waals surface area (Å²) >= 11 is 0. The van der Waals surface area contributed by atoms with Crippen LogP contribution in [0.3, 0.4) is 0 Å². The summed E-state index contributed by atoms with van der Waals surface area (Å²) in [5.74, 6) is -0.323. The van der Waals surface area contributed by atoms with Crippen molar-refractivity contribution in [1.29, 1.82) is 0 Å². The van der Waals surface area contributed by atoms with Gasteiger partial charge in [0.05, 0.1) is 11.5 Å². The molecule has 1 fully saturated rings. The number of H-pyrrole nitrogens is 1. The van der Waals surface area contributed by atoms with E-state index in [4.69, 9.17) is 0 Å². The Morgan fingerprint density at radius 1 is 1.22 bits per heavy atom. The third-order valence-electron chi connectivity index (χ3n) is 3.63. The molecule has 0 bridgehead atoms. The minimum absolute atomic E-state index is 0.323. The average Bonchev–Trinajstić information content (AvgIpc) is 3.12. The van der Waals surface area contributed by atoms with E-state index in [0.29, 0.717) is 0 Å². The Morgan fingerprint density at radius 3 is 2.65 bits per heavy atom. The van der Waals surface area contributed by atoms with Gasteiger partial charge in [0.1, 0.15) is 6.04 Å². The van der Waals surface area contributed by atoms with Gasteiger partial charge in [-0.25, -0.2) is 4.79 Å². The summed E-state index contributed by atoms with van der Waals surface area (Å²) in [4.78, 5) is 22.8. The fourth-order valence-electron chi connectivity index (χ4n) is 2.45. The second kappa shape index (κ2) is 6.31. The van der Waals surface area contributed by atoms with E-state index in [1.54, 1.807) is 12.3 Å². The summed E-state index contributed by atoms with van der Waals surface area (Å²) in [6.45, 7) is 3.68. The van der Waals surface area contributed by atoms with Crippen molar-refractivity contribution in [2.75, 3.05) is 0 Å². The van der Waals surface area contributed by atoms with Crippen LogP contribution in [-0.4, -0.2) is 22.1 Å². The molecule has 0 aliphatic carbocycles. The van der Waals surface area contributed by atoms with Crippen LogP contribution in [-0.2, 0) is 11.2 Å². The molecule has 3 rings (SSSR count). The maximum Gasteiger partial charge on any atom is 0.322 e. The topological polar surface area (TPSA) is 86.9 Å². The molecule has 1 aromatic carbocycles. The van der Waals surface area contributed by atoms with Crippen LogP contribution in [0, 0.1) is 0 Å². The van der Waals surface area contributed by atoms with Crippen LogP contribution in [0.15, 0.2) is 43.1 Å². The van der Waals surface area contributed by atoms with Crippen LogP contribution >= 0.6 is 0 Å². The molecule has 3 N–H and O–H groups in total. The first kappa shape index (κ1) is 14.8. The number of carbonyl (C=O) groups is 2. The molecule has 0 radical (unpaired) electrons. The fraction of sp³-hybridized carbons (Fsp3) is 0.118. The lowest BCUT2D eigenvalue weighted by molar-refractivity contribution is -0.120. The minimum Gasteiger partial charge on any atom is -0.322 e. The molecule has 2 aromatic rings. The van der Waals surface area contributed by atoms with Gasteiger partial charge in [-0.2, -0.15) is 5.10 Å². The Morgan fingerprint density at radius 2 is 2.00 bits per heavy atom. The maximum atomic E-state index is 11.6. The predicted molar refractivity (Wildman–Crippen MR) is 86.5 cm³/mol. The predicted octanol–water partition coefficient (Wildman–Crippen LogP) is 0.280. The third-order valence-corrected chi connectivity index (χ3v) is 3.63. The molecule has 1 unspecified atom stereocenters. The van der Waals surface area contributed by atoms with Crippen LogP contribution < -0.4 is 21.2 Å². The van der Waals surface area contributed by atoms with Gasteiger partial charge < -0.3 is 5.32 Å². The highest BCUT2D eigenvalue weighted by atomic mass is 16.2. The van der Waals surface area contributed by atoms with E-state index >= 15 is 0 Å². The molecule has 1 aliphatic rings. The highest BCUT2D eigenvalue weighted by Gasteiger charge is 2.30. The van der Waals surface area contributed by atoms with Crippen molar-refractivity contribution in [3.05, 3.63) is 64.8 Å². The molecular formula is C17H16N4O2. The molecule has 1 aromatic heterocycles. The van der Waals surface area contributed by atoms with E-state index in [-0.39, 0.29) is 5.91 Å². The standard InChI is InChI=1S/C17H16N4O2/c1-2-3-13-10-18-21-14(13)9-6-11-4-7-12(8-5-11)15-16(22)20-17(23)19-15/h2-5,7-10,15,21H,1,6H2,(H2,19,20,22,23)/b13-3-,14-9+. The highest BCUT2D eigenvalue weighted by Crippen LogP contribution is 2.17. The molecule has 1 atom stereocenters. The second-order valence-electron chi connectivity index (χ2n) is 5.19. The molecule has 1 aliphatic heterocycles. The number of imide groups is 1. The van der Waals surface area contributed by atoms with Crippen LogP contribution in [0.25, 0.3) is 12.2 Å². The van der Waals surface area contributed by atoms with Gasteiger partial charge in [-0.15, -0.1) is 0 Å². The van der Waals surface area contributed by atoms with Crippen molar-refractivity contribution in [2.45, 2.75) is 12.5 Å². The number of hydrogen-bond donors (Lipinski definition) is 3. The number of rotatable bonds is 4. The Kier molecular flexibility index (Phi) is 4.05. The molecule has 6 heteroatoms. The molecule has 23 heavy (non-hydrogen) atoms. The van der Waals surface area contributed by atoms with Gasteiger partial charge in [0.15, 0.2) is 0 Å². The van der Waals surface area contributed by atoms with Crippen LogP contribution in [0.2, 0.25) is 0 Å². The van der Waals surface area contributed by atoms with Gasteiger partial charge in [-0.1, -0.05) is 49.1 Å². The van der Waals surface area contributed by atoms with Gasteiger partial charge in [0, 0.05) is 5.22 Å². The summed E-state index contributed by atoms with van der Waals surface area (Å²) in [6.07, 6.45) is 8.13. The second-order valence-corrected chi connectivity index (χ2v) is 5.19. The number of amides is 3. The maximum absolute atomic E-state index is 11.6. The van der Waals surface area contributed by atoms with Crippen LogP contribution in [0.5, 0.6) is 0 Å². The highest BCUT2D eigenvalue weighted by molar-refractivity contribution is 6.04. The van der Waals surface area contributed by atoms with Gasteiger partial charge in [-0.3, -0.25) is 15.2 Å². The molecule has 6 nitrogen and oxygen atoms in total. The summed E-state index contributed by atoms with van der Waals surface area (Å²) in [5, 5.41) is 13.7. The summed E-state index contributed by atoms with van der Waals surface area (Å²) in [7, 11) is 0. The lowest BCUT2D eigenvalue weighted by atomic mass is 10.0. The van der Waals surface area contributed by atoms with Gasteiger partial charge in [0.25, 0.3) is 5.91 Å². The third kappa shape index (κ3) is 3.21. The van der Waals surface area contributed by atoms with Crippen LogP contribution in [0.1, 0.15) is 17.2 Å². The lowest BCUT2D eigenvalue weighted by Crippen LogP contribution is -2.22. The largest absolute Gasteiger partial charge is 0.322 e. The molecule has 3 amide bonds. The van der Waals surface area contributed by atoms with E-state index < -0.39 is 12.1 Å². The van der Waals surface area contributed by atoms with Crippen molar-refractivity contribution < 1.29 is 9.59 Å². The van der Waals surface area contributed by atoms with Crippen molar-refractivity contribution >= 4 is 24.1 Å². The normalized spacial score (nSPS) is 18.9. The molecule has 116 valence electrons. The van der Waals surface area contributed by atoms with Crippen molar-refractivity contribution in [3.8, 4) is 0 Å². The zero-order chi connectivity index (χ0) is 16.2. The summed E-state index contributed by atoms with van der Waals surface area (Å²) in [6, 6.07) is 6.52. The molecular weight excluding hydrogens is 292 g/mol. The van der Waals surface area contributed by atoms with Crippen molar-refractivity contribution in [3.63, 3.8) is 0 Å². The molecule has 1 saturated heterocycles. The number of nitrogens with zero attached hydrogens (tertiary/aromatic N) is 1. The molecule has 0 spiro atoms. The number of nitrogens with one attached hydrogen (secondary N) is 3. The number of benzene rings is 1. The van der Waals surface area contributed by atoms with Gasteiger partial charge in [-0.05, 0) is 17.5 Å². The fourth-order valence-corrected chi connectivity index (χ4v) is 2.45.